The van der Waals surface area contributed by atoms with E-state index in [2.05, 4.69) is 0 Å². The van der Waals surface area contributed by atoms with Gasteiger partial charge in [-0.1, -0.05) is 23.7 Å². The van der Waals surface area contributed by atoms with E-state index in [1.54, 1.807) is 23.1 Å². The smallest absolute Gasteiger partial charge is 0.251 e. The van der Waals surface area contributed by atoms with Gasteiger partial charge in [0.05, 0.1) is 11.1 Å². The van der Waals surface area contributed by atoms with Crippen LogP contribution in [0.5, 0.6) is 0 Å². The zero-order valence-corrected chi connectivity index (χ0v) is 15.4. The van der Waals surface area contributed by atoms with Crippen LogP contribution >= 0.6 is 11.6 Å². The van der Waals surface area contributed by atoms with E-state index in [0.29, 0.717) is 26.1 Å². The number of nitrogens with zero attached hydrogens (tertiary/aromatic N) is 2. The Morgan fingerprint density at radius 1 is 1.20 bits per heavy atom. The molecule has 0 spiro atoms. The standard InChI is InChI=1S/C16H22ClN3O4S/c17-13-3-1-2-4-15(13)25(22,23)20-9-7-19(8-10-20)16(21)14-6-5-12(11-18)24-14/h1-4,12,14H,5-11,18H2/t12-,14+/m1/s1. The van der Waals surface area contributed by atoms with Crippen LogP contribution in [0.4, 0.5) is 0 Å². The summed E-state index contributed by atoms with van der Waals surface area (Å²) in [7, 11) is -3.66. The lowest BCUT2D eigenvalue weighted by atomic mass is 10.1. The molecule has 1 amide bonds. The van der Waals surface area contributed by atoms with Crippen LogP contribution in [0.3, 0.4) is 0 Å². The number of halogens is 1. The van der Waals surface area contributed by atoms with Crippen LogP contribution < -0.4 is 5.73 Å². The van der Waals surface area contributed by atoms with E-state index in [9.17, 15) is 13.2 Å². The van der Waals surface area contributed by atoms with Crippen molar-refractivity contribution in [3.8, 4) is 0 Å². The highest BCUT2D eigenvalue weighted by Gasteiger charge is 2.36. The number of hydrogen-bond acceptors (Lipinski definition) is 5. The number of amides is 1. The van der Waals surface area contributed by atoms with E-state index in [-0.39, 0.29) is 35.0 Å². The zero-order valence-electron chi connectivity index (χ0n) is 13.8. The molecule has 0 radical (unpaired) electrons. The highest BCUT2D eigenvalue weighted by molar-refractivity contribution is 7.89. The van der Waals surface area contributed by atoms with Gasteiger partial charge in [0.15, 0.2) is 0 Å². The van der Waals surface area contributed by atoms with Gasteiger partial charge in [0.2, 0.25) is 10.0 Å². The quantitative estimate of drug-likeness (QED) is 0.820. The van der Waals surface area contributed by atoms with Crippen molar-refractivity contribution in [2.24, 2.45) is 5.73 Å². The van der Waals surface area contributed by atoms with E-state index < -0.39 is 16.1 Å². The number of hydrogen-bond donors (Lipinski definition) is 1. The van der Waals surface area contributed by atoms with Gasteiger partial charge in [-0.2, -0.15) is 4.31 Å². The molecule has 0 saturated carbocycles. The Morgan fingerprint density at radius 2 is 1.88 bits per heavy atom. The predicted molar refractivity (Wildman–Crippen MR) is 93.7 cm³/mol. The van der Waals surface area contributed by atoms with Gasteiger partial charge in [0.1, 0.15) is 11.0 Å². The molecule has 0 aliphatic carbocycles. The molecule has 7 nitrogen and oxygen atoms in total. The minimum atomic E-state index is -3.66. The van der Waals surface area contributed by atoms with Gasteiger partial charge in [-0.05, 0) is 25.0 Å². The number of ether oxygens (including phenoxy) is 1. The Hall–Kier alpha value is -1.19. The van der Waals surface area contributed by atoms with E-state index in [1.807, 2.05) is 0 Å². The number of carbonyl (C=O) groups excluding carboxylic acids is 1. The minimum absolute atomic E-state index is 0.0594. The molecule has 0 unspecified atom stereocenters. The van der Waals surface area contributed by atoms with Gasteiger partial charge in [-0.3, -0.25) is 4.79 Å². The molecule has 2 aliphatic rings. The molecule has 2 atom stereocenters. The Kier molecular flexibility index (Phi) is 5.65. The van der Waals surface area contributed by atoms with Crippen molar-refractivity contribution in [2.45, 2.75) is 29.9 Å². The van der Waals surface area contributed by atoms with Crippen molar-refractivity contribution in [2.75, 3.05) is 32.7 Å². The average Bonchev–Trinajstić information content (AvgIpc) is 3.10. The van der Waals surface area contributed by atoms with Gasteiger partial charge in [-0.25, -0.2) is 8.42 Å². The summed E-state index contributed by atoms with van der Waals surface area (Å²) in [5.41, 5.74) is 5.57. The Bertz CT molecular complexity index is 735. The predicted octanol–water partition coefficient (Wildman–Crippen LogP) is 0.679. The third-order valence-corrected chi connectivity index (χ3v) is 7.05. The molecule has 2 heterocycles. The lowest BCUT2D eigenvalue weighted by molar-refractivity contribution is -0.143. The first-order chi connectivity index (χ1) is 11.9. The SMILES string of the molecule is NC[C@H]1CC[C@@H](C(=O)N2CCN(S(=O)(=O)c3ccccc3Cl)CC2)O1. The first-order valence-electron chi connectivity index (χ1n) is 8.32. The summed E-state index contributed by atoms with van der Waals surface area (Å²) in [4.78, 5) is 14.3. The molecule has 2 saturated heterocycles. The van der Waals surface area contributed by atoms with Gasteiger partial charge < -0.3 is 15.4 Å². The van der Waals surface area contributed by atoms with Crippen molar-refractivity contribution in [3.63, 3.8) is 0 Å². The summed E-state index contributed by atoms with van der Waals surface area (Å²) in [5, 5.41) is 0.202. The Balaban J connectivity index is 1.62. The monoisotopic (exact) mass is 387 g/mol. The van der Waals surface area contributed by atoms with Gasteiger partial charge in [-0.15, -0.1) is 0 Å². The summed E-state index contributed by atoms with van der Waals surface area (Å²) >= 11 is 6.02. The second-order valence-corrected chi connectivity index (χ2v) is 8.53. The van der Waals surface area contributed by atoms with Gasteiger partial charge >= 0.3 is 0 Å². The molecule has 0 bridgehead atoms. The maximum atomic E-state index is 12.7. The third kappa shape index (κ3) is 3.83. The molecule has 0 aromatic heterocycles. The summed E-state index contributed by atoms with van der Waals surface area (Å²) in [6, 6.07) is 6.38. The molecule has 2 N–H and O–H groups in total. The van der Waals surface area contributed by atoms with Crippen molar-refractivity contribution < 1.29 is 17.9 Å². The molecule has 1 aromatic rings. The molecular weight excluding hydrogens is 366 g/mol. The fraction of sp³-hybridized carbons (Fsp3) is 0.562. The molecular formula is C16H22ClN3O4S. The Morgan fingerprint density at radius 3 is 2.48 bits per heavy atom. The molecule has 1 aromatic carbocycles. The first kappa shape index (κ1) is 18.6. The number of carbonyl (C=O) groups is 1. The molecule has 2 fully saturated rings. The van der Waals surface area contributed by atoms with Crippen LogP contribution in [0.2, 0.25) is 5.02 Å². The summed E-state index contributed by atoms with van der Waals surface area (Å²) < 4.78 is 32.5. The largest absolute Gasteiger partial charge is 0.364 e. The first-order valence-corrected chi connectivity index (χ1v) is 10.1. The zero-order chi connectivity index (χ0) is 18.0. The number of nitrogens with two attached hydrogens (primary N) is 1. The molecule has 9 heteroatoms. The van der Waals surface area contributed by atoms with Crippen LogP contribution in [-0.2, 0) is 19.6 Å². The highest BCUT2D eigenvalue weighted by Crippen LogP contribution is 2.26. The van der Waals surface area contributed by atoms with E-state index in [0.717, 1.165) is 6.42 Å². The summed E-state index contributed by atoms with van der Waals surface area (Å²) in [6.45, 7) is 1.58. The average molecular weight is 388 g/mol. The summed E-state index contributed by atoms with van der Waals surface area (Å²) in [5.74, 6) is -0.0780. The number of sulfonamides is 1. The Labute approximate surface area is 152 Å². The van der Waals surface area contributed by atoms with Crippen LogP contribution in [0, 0.1) is 0 Å². The lowest BCUT2D eigenvalue weighted by Crippen LogP contribution is -2.52. The van der Waals surface area contributed by atoms with Crippen molar-refractivity contribution >= 4 is 27.5 Å². The van der Waals surface area contributed by atoms with E-state index in [4.69, 9.17) is 22.1 Å². The highest BCUT2D eigenvalue weighted by atomic mass is 35.5. The van der Waals surface area contributed by atoms with Crippen LogP contribution in [0.1, 0.15) is 12.8 Å². The normalized spacial score (nSPS) is 25.3. The van der Waals surface area contributed by atoms with Crippen molar-refractivity contribution in [1.29, 1.82) is 0 Å². The number of rotatable bonds is 4. The third-order valence-electron chi connectivity index (χ3n) is 4.65. The molecule has 25 heavy (non-hydrogen) atoms. The fourth-order valence-electron chi connectivity index (χ4n) is 3.21. The topological polar surface area (TPSA) is 92.9 Å². The number of benzene rings is 1. The van der Waals surface area contributed by atoms with Gasteiger partial charge in [0, 0.05) is 32.7 Å². The molecule has 3 rings (SSSR count). The van der Waals surface area contributed by atoms with Crippen LogP contribution in [0.15, 0.2) is 29.2 Å². The summed E-state index contributed by atoms with van der Waals surface area (Å²) in [6.07, 6.45) is 0.933. The van der Waals surface area contributed by atoms with Crippen molar-refractivity contribution in [3.05, 3.63) is 29.3 Å². The number of piperazine rings is 1. The lowest BCUT2D eigenvalue weighted by Gasteiger charge is -2.35. The maximum Gasteiger partial charge on any atom is 0.251 e. The van der Waals surface area contributed by atoms with Crippen LogP contribution in [-0.4, -0.2) is 68.5 Å². The molecule has 138 valence electrons. The minimum Gasteiger partial charge on any atom is -0.364 e. The van der Waals surface area contributed by atoms with E-state index >= 15 is 0 Å². The molecule has 2 aliphatic heterocycles. The van der Waals surface area contributed by atoms with Crippen LogP contribution in [0.25, 0.3) is 0 Å². The van der Waals surface area contributed by atoms with Crippen molar-refractivity contribution in [1.82, 2.24) is 9.21 Å². The second-order valence-electron chi connectivity index (χ2n) is 6.22. The maximum absolute atomic E-state index is 12.7. The van der Waals surface area contributed by atoms with Gasteiger partial charge in [0.25, 0.3) is 5.91 Å². The fourth-order valence-corrected chi connectivity index (χ4v) is 5.12. The van der Waals surface area contributed by atoms with E-state index in [1.165, 1.54) is 10.4 Å². The second kappa shape index (κ2) is 7.59.